The van der Waals surface area contributed by atoms with Crippen molar-refractivity contribution in [1.29, 1.82) is 0 Å². The number of carbonyl (C=O) groups is 1. The maximum absolute atomic E-state index is 13.3. The summed E-state index contributed by atoms with van der Waals surface area (Å²) in [5, 5.41) is 13.9. The Kier molecular flexibility index (Phi) is 6.92. The quantitative estimate of drug-likeness (QED) is 0.342. The molecule has 0 saturated carbocycles. The molecule has 9 heteroatoms. The van der Waals surface area contributed by atoms with Crippen molar-refractivity contribution in [3.05, 3.63) is 77.3 Å². The van der Waals surface area contributed by atoms with Crippen LogP contribution < -0.4 is 10.1 Å². The number of hydrogen-bond donors (Lipinski definition) is 1. The zero-order valence-electron chi connectivity index (χ0n) is 17.2. The van der Waals surface area contributed by atoms with Crippen LogP contribution in [-0.4, -0.2) is 26.4 Å². The molecule has 4 aromatic rings. The lowest BCUT2D eigenvalue weighted by Gasteiger charge is -2.11. The second kappa shape index (κ2) is 10.0. The van der Waals surface area contributed by atoms with Gasteiger partial charge in [-0.05, 0) is 36.6 Å². The average molecular weight is 471 g/mol. The van der Waals surface area contributed by atoms with Gasteiger partial charge in [-0.3, -0.25) is 4.79 Å². The van der Waals surface area contributed by atoms with Crippen LogP contribution in [0.5, 0.6) is 5.75 Å². The van der Waals surface area contributed by atoms with Gasteiger partial charge in [0, 0.05) is 17.6 Å². The Hall–Kier alpha value is -3.10. The summed E-state index contributed by atoms with van der Waals surface area (Å²) >= 11 is 7.02. The number of halogens is 2. The molecule has 0 aliphatic rings. The number of rotatable bonds is 8. The molecule has 32 heavy (non-hydrogen) atoms. The van der Waals surface area contributed by atoms with E-state index in [1.807, 2.05) is 54.0 Å². The van der Waals surface area contributed by atoms with Crippen molar-refractivity contribution < 1.29 is 13.9 Å². The topological polar surface area (TPSA) is 69.0 Å². The zero-order valence-corrected chi connectivity index (χ0v) is 18.8. The minimum absolute atomic E-state index is 0.0444. The van der Waals surface area contributed by atoms with Gasteiger partial charge in [0.25, 0.3) is 0 Å². The summed E-state index contributed by atoms with van der Waals surface area (Å²) in [7, 11) is 0. The second-order valence-electron chi connectivity index (χ2n) is 6.87. The van der Waals surface area contributed by atoms with E-state index in [0.717, 1.165) is 16.5 Å². The third-order valence-corrected chi connectivity index (χ3v) is 6.01. The summed E-state index contributed by atoms with van der Waals surface area (Å²) in [6, 6.07) is 18.0. The van der Waals surface area contributed by atoms with E-state index in [1.54, 1.807) is 0 Å². The van der Waals surface area contributed by atoms with Crippen molar-refractivity contribution in [3.63, 3.8) is 0 Å². The van der Waals surface area contributed by atoms with E-state index in [4.69, 9.17) is 16.3 Å². The molecule has 1 aromatic heterocycles. The number of carbonyl (C=O) groups excluding carboxylic acids is 1. The van der Waals surface area contributed by atoms with Gasteiger partial charge in [-0.25, -0.2) is 4.39 Å². The van der Waals surface area contributed by atoms with Crippen LogP contribution in [0.25, 0.3) is 10.8 Å². The Morgan fingerprint density at radius 2 is 1.97 bits per heavy atom. The van der Waals surface area contributed by atoms with Gasteiger partial charge in [-0.1, -0.05) is 59.8 Å². The van der Waals surface area contributed by atoms with Gasteiger partial charge in [-0.2, -0.15) is 0 Å². The molecule has 0 aliphatic carbocycles. The minimum Gasteiger partial charge on any atom is -0.485 e. The largest absolute Gasteiger partial charge is 0.485 e. The molecular weight excluding hydrogens is 451 g/mol. The van der Waals surface area contributed by atoms with Gasteiger partial charge < -0.3 is 14.6 Å². The highest BCUT2D eigenvalue weighted by molar-refractivity contribution is 7.99. The summed E-state index contributed by atoms with van der Waals surface area (Å²) in [4.78, 5) is 12.3. The molecule has 6 nitrogen and oxygen atoms in total. The fraction of sp³-hybridized carbons (Fsp3) is 0.174. The predicted octanol–water partition coefficient (Wildman–Crippen LogP) is 5.55. The van der Waals surface area contributed by atoms with E-state index in [2.05, 4.69) is 15.5 Å². The van der Waals surface area contributed by atoms with Crippen molar-refractivity contribution >= 4 is 45.7 Å². The van der Waals surface area contributed by atoms with Gasteiger partial charge in [0.1, 0.15) is 18.2 Å². The summed E-state index contributed by atoms with van der Waals surface area (Å²) in [6.07, 6.45) is 0. The first-order valence-corrected chi connectivity index (χ1v) is 11.3. The zero-order chi connectivity index (χ0) is 22.5. The molecule has 1 amide bonds. The number of nitrogens with one attached hydrogen (secondary N) is 1. The number of aromatic nitrogens is 3. The van der Waals surface area contributed by atoms with E-state index < -0.39 is 5.82 Å². The number of amides is 1. The number of thioether (sulfide) groups is 1. The first kappa shape index (κ1) is 22.1. The molecule has 0 bridgehead atoms. The molecule has 1 N–H and O–H groups in total. The molecular formula is C23H20ClFN4O2S. The standard InChI is InChI=1S/C23H20ClFN4O2S/c1-2-29-21(13-31-20-9-5-7-15-6-3-4-8-17(15)20)27-28-23(29)32-14-22(30)26-16-10-11-19(25)18(24)12-16/h3-12H,2,13-14H2,1H3,(H,26,30). The average Bonchev–Trinajstić information content (AvgIpc) is 3.20. The number of benzene rings is 3. The van der Waals surface area contributed by atoms with Crippen molar-refractivity contribution in [3.8, 4) is 5.75 Å². The molecule has 3 aromatic carbocycles. The van der Waals surface area contributed by atoms with Crippen LogP contribution in [0.15, 0.2) is 65.8 Å². The van der Waals surface area contributed by atoms with E-state index in [0.29, 0.717) is 23.2 Å². The maximum atomic E-state index is 13.3. The first-order chi connectivity index (χ1) is 15.5. The number of nitrogens with zero attached hydrogens (tertiary/aromatic N) is 3. The molecule has 0 unspecified atom stereocenters. The summed E-state index contributed by atoms with van der Waals surface area (Å²) in [5.74, 6) is 0.788. The highest BCUT2D eigenvalue weighted by Crippen LogP contribution is 2.26. The Labute approximate surface area is 193 Å². The van der Waals surface area contributed by atoms with Gasteiger partial charge in [-0.15, -0.1) is 10.2 Å². The van der Waals surface area contributed by atoms with E-state index in [1.165, 1.54) is 30.0 Å². The molecule has 0 radical (unpaired) electrons. The second-order valence-corrected chi connectivity index (χ2v) is 8.22. The first-order valence-electron chi connectivity index (χ1n) is 9.95. The van der Waals surface area contributed by atoms with Crippen LogP contribution in [0, 0.1) is 5.82 Å². The molecule has 1 heterocycles. The Morgan fingerprint density at radius 3 is 2.78 bits per heavy atom. The molecule has 0 aliphatic heterocycles. The van der Waals surface area contributed by atoms with Gasteiger partial charge >= 0.3 is 0 Å². The van der Waals surface area contributed by atoms with Gasteiger partial charge in [0.05, 0.1) is 10.8 Å². The lowest BCUT2D eigenvalue weighted by molar-refractivity contribution is -0.113. The molecule has 0 saturated heterocycles. The van der Waals surface area contributed by atoms with E-state index in [9.17, 15) is 9.18 Å². The smallest absolute Gasteiger partial charge is 0.234 e. The van der Waals surface area contributed by atoms with Crippen LogP contribution in [0.4, 0.5) is 10.1 Å². The summed E-state index contributed by atoms with van der Waals surface area (Å²) in [6.45, 7) is 2.88. The SMILES string of the molecule is CCn1c(COc2cccc3ccccc23)nnc1SCC(=O)Nc1ccc(F)c(Cl)c1. The molecule has 0 atom stereocenters. The van der Waals surface area contributed by atoms with Crippen molar-refractivity contribution in [2.45, 2.75) is 25.2 Å². The normalized spacial score (nSPS) is 11.0. The number of ether oxygens (including phenoxy) is 1. The number of hydrogen-bond acceptors (Lipinski definition) is 5. The lowest BCUT2D eigenvalue weighted by atomic mass is 10.1. The van der Waals surface area contributed by atoms with E-state index >= 15 is 0 Å². The third kappa shape index (κ3) is 5.03. The van der Waals surface area contributed by atoms with Crippen LogP contribution in [0.2, 0.25) is 5.02 Å². The van der Waals surface area contributed by atoms with Crippen LogP contribution in [0.3, 0.4) is 0 Å². The van der Waals surface area contributed by atoms with Crippen molar-refractivity contribution in [1.82, 2.24) is 14.8 Å². The maximum Gasteiger partial charge on any atom is 0.234 e. The predicted molar refractivity (Wildman–Crippen MR) is 125 cm³/mol. The van der Waals surface area contributed by atoms with Crippen LogP contribution >= 0.6 is 23.4 Å². The summed E-state index contributed by atoms with van der Waals surface area (Å²) in [5.41, 5.74) is 0.433. The Bertz CT molecular complexity index is 1260. The summed E-state index contributed by atoms with van der Waals surface area (Å²) < 4.78 is 21.2. The lowest BCUT2D eigenvalue weighted by Crippen LogP contribution is -2.15. The minimum atomic E-state index is -0.534. The number of fused-ring (bicyclic) bond motifs is 1. The van der Waals surface area contributed by atoms with Crippen LogP contribution in [-0.2, 0) is 17.9 Å². The Morgan fingerprint density at radius 1 is 1.16 bits per heavy atom. The van der Waals surface area contributed by atoms with Gasteiger partial charge in [0.2, 0.25) is 5.91 Å². The highest BCUT2D eigenvalue weighted by atomic mass is 35.5. The molecule has 164 valence electrons. The van der Waals surface area contributed by atoms with E-state index in [-0.39, 0.29) is 23.3 Å². The van der Waals surface area contributed by atoms with Crippen molar-refractivity contribution in [2.24, 2.45) is 0 Å². The highest BCUT2D eigenvalue weighted by Gasteiger charge is 2.15. The fourth-order valence-electron chi connectivity index (χ4n) is 3.22. The third-order valence-electron chi connectivity index (χ3n) is 4.75. The van der Waals surface area contributed by atoms with Crippen LogP contribution in [0.1, 0.15) is 12.7 Å². The van der Waals surface area contributed by atoms with Gasteiger partial charge in [0.15, 0.2) is 11.0 Å². The fourth-order valence-corrected chi connectivity index (χ4v) is 4.22. The molecule has 4 rings (SSSR count). The van der Waals surface area contributed by atoms with Crippen molar-refractivity contribution in [2.75, 3.05) is 11.1 Å². The monoisotopic (exact) mass is 470 g/mol. The molecule has 0 fully saturated rings. The molecule has 0 spiro atoms. The number of anilines is 1. The Balaban J connectivity index is 1.39.